The van der Waals surface area contributed by atoms with Gasteiger partial charge < -0.3 is 4.74 Å². The van der Waals surface area contributed by atoms with Crippen molar-refractivity contribution in [2.75, 3.05) is 0 Å². The normalized spacial score (nSPS) is 12.4. The lowest BCUT2D eigenvalue weighted by molar-refractivity contribution is -0.384. The Morgan fingerprint density at radius 2 is 1.68 bits per heavy atom. The van der Waals surface area contributed by atoms with Gasteiger partial charge in [-0.3, -0.25) is 10.1 Å². The molecule has 0 amide bonds. The molecule has 0 saturated heterocycles. The number of aryl methyl sites for hydroxylation is 1. The molecule has 0 spiro atoms. The number of carbonyl (C=O) groups excluding carboxylic acids is 1. The minimum Gasteiger partial charge on any atom is -0.425 e. The standard InChI is InChI=1S/C16H16N2O6S/c1-11-3-9-15(10-4-11)25(22,23)17-12(2)16(19)24-14-7-5-13(6-8-14)18(20)21/h3-10,12,17H,1-2H3. The first kappa shape index (κ1) is 18.6. The lowest BCUT2D eigenvalue weighted by atomic mass is 10.2. The van der Waals surface area contributed by atoms with Crippen LogP contribution in [0.5, 0.6) is 5.75 Å². The molecule has 8 nitrogen and oxygen atoms in total. The summed E-state index contributed by atoms with van der Waals surface area (Å²) in [6.45, 7) is 3.17. The summed E-state index contributed by atoms with van der Waals surface area (Å²) >= 11 is 0. The van der Waals surface area contributed by atoms with E-state index in [9.17, 15) is 23.3 Å². The largest absolute Gasteiger partial charge is 0.425 e. The number of rotatable bonds is 6. The van der Waals surface area contributed by atoms with E-state index >= 15 is 0 Å². The number of hydrogen-bond acceptors (Lipinski definition) is 6. The van der Waals surface area contributed by atoms with Gasteiger partial charge in [-0.2, -0.15) is 4.72 Å². The maximum absolute atomic E-state index is 12.2. The average Bonchev–Trinajstić information content (AvgIpc) is 2.55. The Morgan fingerprint density at radius 3 is 2.20 bits per heavy atom. The molecule has 25 heavy (non-hydrogen) atoms. The van der Waals surface area contributed by atoms with Gasteiger partial charge in [0.15, 0.2) is 0 Å². The highest BCUT2D eigenvalue weighted by Gasteiger charge is 2.23. The third-order valence-corrected chi connectivity index (χ3v) is 4.84. The quantitative estimate of drug-likeness (QED) is 0.363. The predicted molar refractivity (Wildman–Crippen MR) is 89.7 cm³/mol. The van der Waals surface area contributed by atoms with Crippen LogP contribution < -0.4 is 9.46 Å². The molecule has 2 aromatic carbocycles. The Labute approximate surface area is 144 Å². The smallest absolute Gasteiger partial charge is 0.329 e. The van der Waals surface area contributed by atoms with Crippen LogP contribution in [0.15, 0.2) is 53.4 Å². The van der Waals surface area contributed by atoms with E-state index in [2.05, 4.69) is 4.72 Å². The lowest BCUT2D eigenvalue weighted by Crippen LogP contribution is -2.40. The van der Waals surface area contributed by atoms with Crippen LogP contribution in [0.3, 0.4) is 0 Å². The number of nitro groups is 1. The molecule has 9 heteroatoms. The maximum atomic E-state index is 12.2. The zero-order valence-electron chi connectivity index (χ0n) is 13.5. The number of hydrogen-bond donors (Lipinski definition) is 1. The van der Waals surface area contributed by atoms with Gasteiger partial charge in [0, 0.05) is 12.1 Å². The van der Waals surface area contributed by atoms with E-state index in [-0.39, 0.29) is 16.3 Å². The van der Waals surface area contributed by atoms with Gasteiger partial charge in [0.2, 0.25) is 10.0 Å². The Morgan fingerprint density at radius 1 is 1.12 bits per heavy atom. The van der Waals surface area contributed by atoms with Gasteiger partial charge in [-0.05, 0) is 38.1 Å². The van der Waals surface area contributed by atoms with Crippen molar-refractivity contribution in [3.8, 4) is 5.75 Å². The van der Waals surface area contributed by atoms with Crippen molar-refractivity contribution in [2.24, 2.45) is 0 Å². The zero-order valence-corrected chi connectivity index (χ0v) is 14.3. The van der Waals surface area contributed by atoms with E-state index < -0.39 is 27.0 Å². The maximum Gasteiger partial charge on any atom is 0.329 e. The van der Waals surface area contributed by atoms with Crippen molar-refractivity contribution in [1.29, 1.82) is 0 Å². The molecule has 0 aliphatic heterocycles. The Kier molecular flexibility index (Phi) is 5.50. The van der Waals surface area contributed by atoms with E-state index in [1.165, 1.54) is 43.3 Å². The number of nitrogens with zero attached hydrogens (tertiary/aromatic N) is 1. The SMILES string of the molecule is Cc1ccc(S(=O)(=O)NC(C)C(=O)Oc2ccc([N+](=O)[O-])cc2)cc1. The molecule has 0 bridgehead atoms. The second-order valence-corrected chi connectivity index (χ2v) is 7.04. The van der Waals surface area contributed by atoms with E-state index in [4.69, 9.17) is 4.74 Å². The van der Waals surface area contributed by atoms with Gasteiger partial charge in [0.25, 0.3) is 5.69 Å². The zero-order chi connectivity index (χ0) is 18.6. The first-order valence-corrected chi connectivity index (χ1v) is 8.72. The number of sulfonamides is 1. The monoisotopic (exact) mass is 364 g/mol. The molecule has 132 valence electrons. The van der Waals surface area contributed by atoms with Crippen LogP contribution in [0.4, 0.5) is 5.69 Å². The summed E-state index contributed by atoms with van der Waals surface area (Å²) in [4.78, 5) is 22.0. The van der Waals surface area contributed by atoms with Crippen LogP contribution in [0, 0.1) is 17.0 Å². The van der Waals surface area contributed by atoms with Gasteiger partial charge in [-0.1, -0.05) is 17.7 Å². The van der Waals surface area contributed by atoms with Crippen LogP contribution in [0.2, 0.25) is 0 Å². The fourth-order valence-corrected chi connectivity index (χ4v) is 3.10. The third-order valence-electron chi connectivity index (χ3n) is 3.28. The van der Waals surface area contributed by atoms with E-state index in [1.54, 1.807) is 12.1 Å². The van der Waals surface area contributed by atoms with Gasteiger partial charge >= 0.3 is 5.97 Å². The fourth-order valence-electron chi connectivity index (χ4n) is 1.91. The Balaban J connectivity index is 2.04. The number of ether oxygens (including phenoxy) is 1. The van der Waals surface area contributed by atoms with Crippen molar-refractivity contribution in [1.82, 2.24) is 4.72 Å². The average molecular weight is 364 g/mol. The molecule has 0 aliphatic carbocycles. The van der Waals surface area contributed by atoms with Crippen LogP contribution in [-0.2, 0) is 14.8 Å². The highest BCUT2D eigenvalue weighted by Crippen LogP contribution is 2.18. The van der Waals surface area contributed by atoms with Crippen molar-refractivity contribution in [2.45, 2.75) is 24.8 Å². The molecule has 2 aromatic rings. The van der Waals surface area contributed by atoms with Crippen molar-refractivity contribution < 1.29 is 22.9 Å². The summed E-state index contributed by atoms with van der Waals surface area (Å²) in [6.07, 6.45) is 0. The van der Waals surface area contributed by atoms with Gasteiger partial charge in [-0.25, -0.2) is 13.2 Å². The second-order valence-electron chi connectivity index (χ2n) is 5.33. The highest BCUT2D eigenvalue weighted by molar-refractivity contribution is 7.89. The number of carbonyl (C=O) groups is 1. The number of benzene rings is 2. The highest BCUT2D eigenvalue weighted by atomic mass is 32.2. The molecule has 0 aromatic heterocycles. The molecule has 0 heterocycles. The Hall–Kier alpha value is -2.78. The number of nitrogens with one attached hydrogen (secondary N) is 1. The molecule has 1 unspecified atom stereocenters. The topological polar surface area (TPSA) is 116 Å². The van der Waals surface area contributed by atoms with E-state index in [1.807, 2.05) is 6.92 Å². The molecular formula is C16H16N2O6S. The number of non-ortho nitro benzene ring substituents is 1. The molecule has 2 rings (SSSR count). The molecular weight excluding hydrogens is 348 g/mol. The van der Waals surface area contributed by atoms with Crippen molar-refractivity contribution >= 4 is 21.7 Å². The van der Waals surface area contributed by atoms with Crippen LogP contribution in [0.25, 0.3) is 0 Å². The second kappa shape index (κ2) is 7.41. The summed E-state index contributed by atoms with van der Waals surface area (Å²) in [5.74, 6) is -0.749. The Bertz CT molecular complexity index is 876. The third kappa shape index (κ3) is 4.85. The van der Waals surface area contributed by atoms with Gasteiger partial charge in [0.05, 0.1) is 9.82 Å². The molecule has 1 N–H and O–H groups in total. The van der Waals surface area contributed by atoms with E-state index in [0.29, 0.717) is 0 Å². The lowest BCUT2D eigenvalue weighted by Gasteiger charge is -2.13. The molecule has 0 aliphatic rings. The molecule has 0 radical (unpaired) electrons. The van der Waals surface area contributed by atoms with Crippen molar-refractivity contribution in [3.05, 3.63) is 64.2 Å². The predicted octanol–water partition coefficient (Wildman–Crippen LogP) is 2.18. The minimum absolute atomic E-state index is 0.0353. The number of esters is 1. The van der Waals surface area contributed by atoms with Gasteiger partial charge in [0.1, 0.15) is 11.8 Å². The van der Waals surface area contributed by atoms with Gasteiger partial charge in [-0.15, -0.1) is 0 Å². The first-order valence-electron chi connectivity index (χ1n) is 7.24. The summed E-state index contributed by atoms with van der Waals surface area (Å²) in [6, 6.07) is 9.92. The molecule has 1 atom stereocenters. The van der Waals surface area contributed by atoms with Crippen molar-refractivity contribution in [3.63, 3.8) is 0 Å². The summed E-state index contributed by atoms with van der Waals surface area (Å²) in [7, 11) is -3.87. The summed E-state index contributed by atoms with van der Waals surface area (Å²) < 4.78 is 31.7. The first-order chi connectivity index (χ1) is 11.7. The number of nitro benzene ring substituents is 1. The van der Waals surface area contributed by atoms with E-state index in [0.717, 1.165) is 5.56 Å². The van der Waals surface area contributed by atoms with Crippen LogP contribution in [-0.4, -0.2) is 25.4 Å². The summed E-state index contributed by atoms with van der Waals surface area (Å²) in [5.41, 5.74) is 0.762. The van der Waals surface area contributed by atoms with Crippen LogP contribution in [0.1, 0.15) is 12.5 Å². The fraction of sp³-hybridized carbons (Fsp3) is 0.188. The molecule has 0 fully saturated rings. The molecule has 0 saturated carbocycles. The minimum atomic E-state index is -3.87. The van der Waals surface area contributed by atoms with Crippen LogP contribution >= 0.6 is 0 Å². The summed E-state index contributed by atoms with van der Waals surface area (Å²) in [5, 5.41) is 10.6.